The Labute approximate surface area is 96.8 Å². The Morgan fingerprint density at radius 3 is 2.93 bits per heavy atom. The number of hydrogen-bond donors (Lipinski definition) is 3. The monoisotopic (exact) mass is 209 g/mol. The second-order valence-corrected chi connectivity index (χ2v) is 2.76. The van der Waals surface area contributed by atoms with Gasteiger partial charge in [-0.15, -0.1) is 0 Å². The summed E-state index contributed by atoms with van der Waals surface area (Å²) >= 11 is 0. The minimum Gasteiger partial charge on any atom is -0.370 e. The van der Waals surface area contributed by atoms with Crippen LogP contribution < -0.4 is 11.1 Å². The number of amidine groups is 1. The third kappa shape index (κ3) is 4.81. The van der Waals surface area contributed by atoms with Gasteiger partial charge >= 0.3 is 0 Å². The third-order valence-electron chi connectivity index (χ3n) is 1.39. The van der Waals surface area contributed by atoms with Crippen LogP contribution >= 0.6 is 0 Å². The summed E-state index contributed by atoms with van der Waals surface area (Å²) < 4.78 is 38.5. The topological polar surface area (TPSA) is 74.3 Å². The Kier molecular flexibility index (Phi) is 2.28. The predicted molar refractivity (Wildman–Crippen MR) is 63.2 cm³/mol. The third-order valence-corrected chi connectivity index (χ3v) is 1.39. The van der Waals surface area contributed by atoms with E-state index in [0.29, 0.717) is 0 Å². The molecule has 4 nitrogen and oxygen atoms in total. The van der Waals surface area contributed by atoms with Crippen molar-refractivity contribution >= 4 is 11.8 Å². The minimum absolute atomic E-state index is 0.00557. The van der Waals surface area contributed by atoms with E-state index in [1.54, 1.807) is 0 Å². The second kappa shape index (κ2) is 5.80. The fourth-order valence-electron chi connectivity index (χ4n) is 0.837. The molecule has 80 valence electrons. The van der Waals surface area contributed by atoms with Crippen molar-refractivity contribution in [1.29, 1.82) is 5.41 Å². The zero-order valence-corrected chi connectivity index (χ0v) is 8.33. The van der Waals surface area contributed by atoms with Gasteiger partial charge in [-0.3, -0.25) is 10.4 Å². The maximum Gasteiger partial charge on any atom is 0.194 e. The Morgan fingerprint density at radius 2 is 2.33 bits per heavy atom. The molecule has 0 aliphatic carbocycles. The van der Waals surface area contributed by atoms with Gasteiger partial charge in [-0.05, 0) is 18.9 Å². The summed E-state index contributed by atoms with van der Waals surface area (Å²) in [6.07, 6.45) is -2.20. The molecule has 1 aromatic rings. The van der Waals surface area contributed by atoms with Gasteiger partial charge in [-0.25, -0.2) is 0 Å². The van der Waals surface area contributed by atoms with Gasteiger partial charge in [0.25, 0.3) is 0 Å². The van der Waals surface area contributed by atoms with Gasteiger partial charge in [-0.2, -0.15) is 0 Å². The summed E-state index contributed by atoms with van der Waals surface area (Å²) in [5, 5.41) is 9.54. The standard InChI is InChI=1S/C11H16N4/c1-9(12)15-11(13)14-8-7-10-5-3-2-4-6-10/h2-6H,7-8H2,1H3,(H4,12,13,14,15)/i3D,4D,7D2,8D. The average Bonchev–Trinajstić information content (AvgIpc) is 2.25. The summed E-state index contributed by atoms with van der Waals surface area (Å²) in [6, 6.07) is 3.76. The largest absolute Gasteiger partial charge is 0.370 e. The number of nitrogens with one attached hydrogen (secondary N) is 2. The highest BCUT2D eigenvalue weighted by Crippen LogP contribution is 1.98. The van der Waals surface area contributed by atoms with Crippen molar-refractivity contribution in [1.82, 2.24) is 5.32 Å². The van der Waals surface area contributed by atoms with E-state index in [4.69, 9.17) is 18.0 Å². The highest BCUT2D eigenvalue weighted by Gasteiger charge is 1.92. The molecule has 15 heavy (non-hydrogen) atoms. The Balaban J connectivity index is 3.05. The smallest absolute Gasteiger partial charge is 0.194 e. The number of nitrogens with two attached hydrogens (primary N) is 1. The summed E-state index contributed by atoms with van der Waals surface area (Å²) in [6.45, 7) is -0.137. The Morgan fingerprint density at radius 1 is 1.67 bits per heavy atom. The number of hydrogen-bond acceptors (Lipinski definition) is 2. The molecule has 0 aromatic heterocycles. The van der Waals surface area contributed by atoms with E-state index in [1.807, 2.05) is 0 Å². The average molecular weight is 209 g/mol. The van der Waals surface area contributed by atoms with Crippen LogP contribution in [0, 0.1) is 5.41 Å². The summed E-state index contributed by atoms with van der Waals surface area (Å²) in [5.41, 5.74) is 5.47. The molecule has 0 spiro atoms. The van der Waals surface area contributed by atoms with Crippen LogP contribution in [0.5, 0.6) is 0 Å². The van der Waals surface area contributed by atoms with E-state index in [0.717, 1.165) is 0 Å². The summed E-state index contributed by atoms with van der Waals surface area (Å²) in [4.78, 5) is 3.64. The van der Waals surface area contributed by atoms with Crippen molar-refractivity contribution < 1.29 is 6.85 Å². The summed E-state index contributed by atoms with van der Waals surface area (Å²) in [5.74, 6) is -0.199. The first-order chi connectivity index (χ1) is 9.12. The molecule has 0 saturated heterocycles. The first-order valence-corrected chi connectivity index (χ1v) is 4.29. The number of nitrogens with zero attached hydrogens (tertiary/aromatic N) is 1. The highest BCUT2D eigenvalue weighted by atomic mass is 15.1. The van der Waals surface area contributed by atoms with E-state index in [-0.39, 0.29) is 29.4 Å². The zero-order chi connectivity index (χ0) is 15.5. The minimum atomic E-state index is -2.20. The van der Waals surface area contributed by atoms with Crippen molar-refractivity contribution in [2.75, 3.05) is 6.52 Å². The van der Waals surface area contributed by atoms with E-state index >= 15 is 0 Å². The predicted octanol–water partition coefficient (Wildman–Crippen LogP) is 1.13. The molecule has 0 aliphatic rings. The van der Waals surface area contributed by atoms with Crippen LogP contribution in [0.15, 0.2) is 35.3 Å². The fourth-order valence-corrected chi connectivity index (χ4v) is 0.837. The first kappa shape index (κ1) is 5.90. The number of aliphatic imine (C=N–C) groups is 1. The van der Waals surface area contributed by atoms with Gasteiger partial charge < -0.3 is 11.1 Å². The molecule has 0 heterocycles. The van der Waals surface area contributed by atoms with Crippen LogP contribution in [0.4, 0.5) is 0 Å². The number of guanidine groups is 1. The Bertz CT molecular complexity index is 523. The van der Waals surface area contributed by atoms with Gasteiger partial charge in [0.05, 0.1) is 9.95 Å². The van der Waals surface area contributed by atoms with E-state index in [9.17, 15) is 0 Å². The van der Waals surface area contributed by atoms with Crippen LogP contribution in [0.3, 0.4) is 0 Å². The van der Waals surface area contributed by atoms with Crippen LogP contribution in [-0.2, 0) is 6.37 Å². The highest BCUT2D eigenvalue weighted by molar-refractivity contribution is 5.96. The van der Waals surface area contributed by atoms with Crippen LogP contribution in [0.25, 0.3) is 0 Å². The molecule has 0 saturated carbocycles. The Hall–Kier alpha value is -1.84. The molecule has 1 rings (SSSR count). The molecule has 1 atom stereocenters. The molecule has 0 bridgehead atoms. The molecule has 0 fully saturated rings. The number of benzene rings is 1. The quantitative estimate of drug-likeness (QED) is 0.515. The maximum atomic E-state index is 7.91. The van der Waals surface area contributed by atoms with E-state index < -0.39 is 12.9 Å². The lowest BCUT2D eigenvalue weighted by atomic mass is 10.2. The molecular weight excluding hydrogens is 188 g/mol. The molecule has 4 N–H and O–H groups in total. The van der Waals surface area contributed by atoms with E-state index in [2.05, 4.69) is 10.3 Å². The molecular formula is C11H16N4. The lowest BCUT2D eigenvalue weighted by Gasteiger charge is -2.02. The van der Waals surface area contributed by atoms with Crippen LogP contribution in [0.2, 0.25) is 0 Å². The van der Waals surface area contributed by atoms with Crippen molar-refractivity contribution in [2.24, 2.45) is 10.7 Å². The van der Waals surface area contributed by atoms with Gasteiger partial charge in [-0.1, -0.05) is 30.3 Å². The van der Waals surface area contributed by atoms with Crippen LogP contribution in [-0.4, -0.2) is 18.3 Å². The normalized spacial score (nSPS) is 19.0. The van der Waals surface area contributed by atoms with Crippen molar-refractivity contribution in [3.05, 3.63) is 35.8 Å². The lowest BCUT2D eigenvalue weighted by molar-refractivity contribution is 0.955. The SMILES string of the molecule is [2H]c1cc([2H])cc(C([2H])([2H])C([2H])N=C(N)NC(C)=N)c1. The van der Waals surface area contributed by atoms with Gasteiger partial charge in [0.15, 0.2) is 5.96 Å². The van der Waals surface area contributed by atoms with Gasteiger partial charge in [0, 0.05) is 9.26 Å². The first-order valence-electron chi connectivity index (χ1n) is 6.87. The molecule has 4 heteroatoms. The molecule has 0 aliphatic heterocycles. The van der Waals surface area contributed by atoms with Gasteiger partial charge in [0.1, 0.15) is 0 Å². The molecule has 1 aromatic carbocycles. The van der Waals surface area contributed by atoms with Gasteiger partial charge in [0.2, 0.25) is 0 Å². The van der Waals surface area contributed by atoms with Crippen molar-refractivity contribution in [3.8, 4) is 0 Å². The molecule has 1 unspecified atom stereocenters. The van der Waals surface area contributed by atoms with Crippen LogP contribution in [0.1, 0.15) is 19.3 Å². The zero-order valence-electron chi connectivity index (χ0n) is 13.3. The lowest BCUT2D eigenvalue weighted by Crippen LogP contribution is -2.35. The van der Waals surface area contributed by atoms with Crippen molar-refractivity contribution in [2.45, 2.75) is 13.3 Å². The van der Waals surface area contributed by atoms with E-state index in [1.165, 1.54) is 25.1 Å². The summed E-state index contributed by atoms with van der Waals surface area (Å²) in [7, 11) is 0. The van der Waals surface area contributed by atoms with Crippen molar-refractivity contribution in [3.63, 3.8) is 0 Å². The maximum absolute atomic E-state index is 7.91. The molecule has 0 amide bonds. The second-order valence-electron chi connectivity index (χ2n) is 2.76. The number of aryl methyl sites for hydroxylation is 1. The number of rotatable bonds is 3. The molecule has 0 radical (unpaired) electrons. The fraction of sp³-hybridized carbons (Fsp3) is 0.273.